The Hall–Kier alpha value is -2.44. The zero-order valence-corrected chi connectivity index (χ0v) is 14.5. The summed E-state index contributed by atoms with van der Waals surface area (Å²) in [6, 6.07) is 10.3. The number of hydrogen-bond acceptors (Lipinski definition) is 6. The second kappa shape index (κ2) is 6.46. The molecule has 4 rings (SSSR count). The van der Waals surface area contributed by atoms with Gasteiger partial charge in [-0.05, 0) is 19.4 Å². The number of nitrogens with two attached hydrogens (primary N) is 1. The van der Waals surface area contributed by atoms with Crippen LogP contribution in [0.1, 0.15) is 28.8 Å². The lowest BCUT2D eigenvalue weighted by Gasteiger charge is -2.32. The molecule has 0 spiro atoms. The van der Waals surface area contributed by atoms with Gasteiger partial charge in [-0.2, -0.15) is 4.98 Å². The number of aromatic nitrogens is 2. The van der Waals surface area contributed by atoms with E-state index in [1.54, 1.807) is 0 Å². The van der Waals surface area contributed by atoms with Crippen LogP contribution in [0.4, 0.5) is 5.82 Å². The zero-order valence-electron chi connectivity index (χ0n) is 14.5. The normalized spacial score (nSPS) is 18.7. The van der Waals surface area contributed by atoms with Crippen molar-refractivity contribution >= 4 is 16.9 Å². The number of benzene rings is 1. The van der Waals surface area contributed by atoms with E-state index in [2.05, 4.69) is 27.0 Å². The van der Waals surface area contributed by atoms with Crippen LogP contribution >= 0.6 is 0 Å². The summed E-state index contributed by atoms with van der Waals surface area (Å²) in [4.78, 5) is 11.4. The van der Waals surface area contributed by atoms with Crippen molar-refractivity contribution in [3.8, 4) is 0 Å². The average Bonchev–Trinajstić information content (AvgIpc) is 2.90. The summed E-state index contributed by atoms with van der Waals surface area (Å²) in [6.45, 7) is 6.87. The number of nitrogens with zero attached hydrogens (tertiary/aromatic N) is 3. The van der Waals surface area contributed by atoms with Gasteiger partial charge in [-0.25, -0.2) is 4.98 Å². The molecule has 1 saturated heterocycles. The molecule has 0 unspecified atom stereocenters. The van der Waals surface area contributed by atoms with Gasteiger partial charge in [0.25, 0.3) is 0 Å². The Kier molecular flexibility index (Phi) is 4.15. The highest BCUT2D eigenvalue weighted by atomic mass is 16.5. The van der Waals surface area contributed by atoms with Crippen molar-refractivity contribution in [1.82, 2.24) is 14.9 Å². The van der Waals surface area contributed by atoms with Crippen molar-refractivity contribution in [2.75, 3.05) is 25.4 Å². The highest BCUT2D eigenvalue weighted by Crippen LogP contribution is 2.28. The molecule has 0 bridgehead atoms. The SMILES string of the molecule is Cc1oc2nc(CN3CCO[C@H](c4ccccc4)C3)nc(N)c2c1C. The summed E-state index contributed by atoms with van der Waals surface area (Å²) in [5.41, 5.74) is 8.92. The van der Waals surface area contributed by atoms with Crippen LogP contribution < -0.4 is 5.73 Å². The standard InChI is InChI=1S/C19H22N4O2/c1-12-13(2)25-19-17(12)18(20)21-16(22-19)11-23-8-9-24-15(10-23)14-6-4-3-5-7-14/h3-7,15H,8-11H2,1-2H3,(H2,20,21,22)/t15-/m0/s1. The monoisotopic (exact) mass is 338 g/mol. The predicted molar refractivity (Wildman–Crippen MR) is 96.1 cm³/mol. The van der Waals surface area contributed by atoms with Crippen molar-refractivity contribution in [3.63, 3.8) is 0 Å². The lowest BCUT2D eigenvalue weighted by atomic mass is 10.1. The lowest BCUT2D eigenvalue weighted by molar-refractivity contribution is -0.0336. The molecule has 1 atom stereocenters. The molecule has 3 aromatic rings. The van der Waals surface area contributed by atoms with Crippen LogP contribution in [-0.2, 0) is 11.3 Å². The molecular formula is C19H22N4O2. The van der Waals surface area contributed by atoms with Crippen LogP contribution in [0.15, 0.2) is 34.7 Å². The van der Waals surface area contributed by atoms with Crippen LogP contribution in [0.2, 0.25) is 0 Å². The minimum Gasteiger partial charge on any atom is -0.443 e. The molecule has 25 heavy (non-hydrogen) atoms. The number of nitrogen functional groups attached to an aromatic ring is 1. The maximum Gasteiger partial charge on any atom is 0.231 e. The number of furan rings is 1. The fourth-order valence-electron chi connectivity index (χ4n) is 3.31. The Morgan fingerprint density at radius 3 is 2.80 bits per heavy atom. The van der Waals surface area contributed by atoms with E-state index in [0.717, 1.165) is 29.8 Å². The number of aryl methyl sites for hydroxylation is 2. The quantitative estimate of drug-likeness (QED) is 0.791. The van der Waals surface area contributed by atoms with E-state index in [9.17, 15) is 0 Å². The Balaban J connectivity index is 1.54. The third kappa shape index (κ3) is 3.10. The maximum absolute atomic E-state index is 6.14. The van der Waals surface area contributed by atoms with Crippen LogP contribution in [0.25, 0.3) is 11.1 Å². The predicted octanol–water partition coefficient (Wildman–Crippen LogP) is 3.00. The van der Waals surface area contributed by atoms with Gasteiger partial charge in [0.05, 0.1) is 24.6 Å². The Bertz CT molecular complexity index is 891. The first-order valence-corrected chi connectivity index (χ1v) is 8.53. The van der Waals surface area contributed by atoms with E-state index in [1.807, 2.05) is 32.0 Å². The number of morpholine rings is 1. The van der Waals surface area contributed by atoms with Gasteiger partial charge < -0.3 is 14.9 Å². The van der Waals surface area contributed by atoms with E-state index < -0.39 is 0 Å². The van der Waals surface area contributed by atoms with Crippen molar-refractivity contribution in [2.24, 2.45) is 0 Å². The second-order valence-corrected chi connectivity index (χ2v) is 6.49. The van der Waals surface area contributed by atoms with Gasteiger partial charge in [0.15, 0.2) is 0 Å². The van der Waals surface area contributed by atoms with Crippen molar-refractivity contribution < 1.29 is 9.15 Å². The summed E-state index contributed by atoms with van der Waals surface area (Å²) in [5, 5.41) is 0.824. The van der Waals surface area contributed by atoms with Crippen LogP contribution in [0, 0.1) is 13.8 Å². The van der Waals surface area contributed by atoms with E-state index in [0.29, 0.717) is 30.5 Å². The third-order valence-electron chi connectivity index (χ3n) is 4.79. The van der Waals surface area contributed by atoms with Crippen LogP contribution in [-0.4, -0.2) is 34.6 Å². The van der Waals surface area contributed by atoms with Gasteiger partial charge in [0.2, 0.25) is 5.71 Å². The molecule has 6 heteroatoms. The van der Waals surface area contributed by atoms with Crippen molar-refractivity contribution in [3.05, 3.63) is 53.0 Å². The Morgan fingerprint density at radius 1 is 1.20 bits per heavy atom. The van der Waals surface area contributed by atoms with Gasteiger partial charge in [-0.3, -0.25) is 4.90 Å². The molecule has 2 N–H and O–H groups in total. The molecule has 1 aliphatic heterocycles. The lowest BCUT2D eigenvalue weighted by Crippen LogP contribution is -2.38. The molecule has 3 heterocycles. The van der Waals surface area contributed by atoms with E-state index in [1.165, 1.54) is 5.56 Å². The highest BCUT2D eigenvalue weighted by molar-refractivity contribution is 5.88. The third-order valence-corrected chi connectivity index (χ3v) is 4.79. The van der Waals surface area contributed by atoms with Crippen molar-refractivity contribution in [2.45, 2.75) is 26.5 Å². The zero-order chi connectivity index (χ0) is 17.4. The topological polar surface area (TPSA) is 77.4 Å². The highest BCUT2D eigenvalue weighted by Gasteiger charge is 2.23. The smallest absolute Gasteiger partial charge is 0.231 e. The van der Waals surface area contributed by atoms with Crippen LogP contribution in [0.3, 0.4) is 0 Å². The molecule has 1 fully saturated rings. The van der Waals surface area contributed by atoms with Gasteiger partial charge in [0, 0.05) is 18.7 Å². The van der Waals surface area contributed by atoms with E-state index in [-0.39, 0.29) is 6.10 Å². The van der Waals surface area contributed by atoms with Gasteiger partial charge in [0.1, 0.15) is 17.4 Å². The molecular weight excluding hydrogens is 316 g/mol. The van der Waals surface area contributed by atoms with Gasteiger partial charge in [-0.15, -0.1) is 0 Å². The fraction of sp³-hybridized carbons (Fsp3) is 0.368. The number of anilines is 1. The number of ether oxygens (including phenoxy) is 1. The van der Waals surface area contributed by atoms with E-state index in [4.69, 9.17) is 14.9 Å². The minimum absolute atomic E-state index is 0.0733. The summed E-state index contributed by atoms with van der Waals surface area (Å²) in [7, 11) is 0. The molecule has 130 valence electrons. The number of rotatable bonds is 3. The Labute approximate surface area is 146 Å². The first-order valence-electron chi connectivity index (χ1n) is 8.53. The minimum atomic E-state index is 0.0733. The molecule has 2 aromatic heterocycles. The molecule has 0 saturated carbocycles. The van der Waals surface area contributed by atoms with E-state index >= 15 is 0 Å². The first kappa shape index (κ1) is 16.1. The Morgan fingerprint density at radius 2 is 2.00 bits per heavy atom. The number of hydrogen-bond donors (Lipinski definition) is 1. The molecule has 0 radical (unpaired) electrons. The second-order valence-electron chi connectivity index (χ2n) is 6.49. The average molecular weight is 338 g/mol. The number of fused-ring (bicyclic) bond motifs is 1. The molecule has 1 aliphatic rings. The van der Waals surface area contributed by atoms with Gasteiger partial charge >= 0.3 is 0 Å². The molecule has 6 nitrogen and oxygen atoms in total. The summed E-state index contributed by atoms with van der Waals surface area (Å²) in [6.07, 6.45) is 0.0733. The summed E-state index contributed by atoms with van der Waals surface area (Å²) < 4.78 is 11.6. The first-order chi connectivity index (χ1) is 12.1. The van der Waals surface area contributed by atoms with Crippen LogP contribution in [0.5, 0.6) is 0 Å². The summed E-state index contributed by atoms with van der Waals surface area (Å²) in [5.74, 6) is 2.01. The molecule has 0 aliphatic carbocycles. The maximum atomic E-state index is 6.14. The molecule has 0 amide bonds. The fourth-order valence-corrected chi connectivity index (χ4v) is 3.31. The van der Waals surface area contributed by atoms with Gasteiger partial charge in [-0.1, -0.05) is 30.3 Å². The largest absolute Gasteiger partial charge is 0.443 e. The summed E-state index contributed by atoms with van der Waals surface area (Å²) >= 11 is 0. The molecule has 1 aromatic carbocycles. The van der Waals surface area contributed by atoms with Crippen molar-refractivity contribution in [1.29, 1.82) is 0 Å².